The first-order valence-corrected chi connectivity index (χ1v) is 11.7. The number of halogens is 1. The van der Waals surface area contributed by atoms with E-state index in [2.05, 4.69) is 47.9 Å². The van der Waals surface area contributed by atoms with Gasteiger partial charge in [0, 0.05) is 39.6 Å². The Bertz CT molecular complexity index is 1040. The number of aromatic nitrogens is 1. The van der Waals surface area contributed by atoms with E-state index in [1.165, 1.54) is 4.88 Å². The minimum absolute atomic E-state index is 0.0177. The summed E-state index contributed by atoms with van der Waals surface area (Å²) >= 11 is 10.9. The lowest BCUT2D eigenvalue weighted by Gasteiger charge is -2.26. The summed E-state index contributed by atoms with van der Waals surface area (Å²) in [5.41, 5.74) is 2.89. The van der Waals surface area contributed by atoms with Gasteiger partial charge in [0.2, 0.25) is 5.91 Å². The highest BCUT2D eigenvalue weighted by molar-refractivity contribution is 9.10. The summed E-state index contributed by atoms with van der Waals surface area (Å²) in [5.74, 6) is -0.0333. The molecule has 2 aromatic heterocycles. The molecule has 1 fully saturated rings. The van der Waals surface area contributed by atoms with Crippen LogP contribution in [-0.2, 0) is 4.79 Å². The van der Waals surface area contributed by atoms with Gasteiger partial charge in [0.05, 0.1) is 17.8 Å². The number of hydrogen-bond donors (Lipinski definition) is 2. The lowest BCUT2D eigenvalue weighted by Crippen LogP contribution is -2.32. The van der Waals surface area contributed by atoms with Crippen molar-refractivity contribution in [2.75, 3.05) is 11.9 Å². The molecule has 154 valence electrons. The van der Waals surface area contributed by atoms with Crippen LogP contribution in [-0.4, -0.2) is 27.4 Å². The zero-order valence-electron chi connectivity index (χ0n) is 16.3. The first-order chi connectivity index (χ1) is 14.5. The second kappa shape index (κ2) is 9.24. The maximum Gasteiger partial charge on any atom is 0.226 e. The molecule has 0 radical (unpaired) electrons. The first-order valence-electron chi connectivity index (χ1n) is 9.60. The Morgan fingerprint density at radius 1 is 1.30 bits per heavy atom. The summed E-state index contributed by atoms with van der Waals surface area (Å²) < 4.78 is 1.04. The summed E-state index contributed by atoms with van der Waals surface area (Å²) in [6.45, 7) is 2.54. The van der Waals surface area contributed by atoms with Crippen molar-refractivity contribution in [1.82, 2.24) is 15.2 Å². The molecule has 2 atom stereocenters. The van der Waals surface area contributed by atoms with Crippen LogP contribution in [0.1, 0.15) is 34.6 Å². The van der Waals surface area contributed by atoms with E-state index in [0.717, 1.165) is 21.4 Å². The molecule has 0 aliphatic carbocycles. The Morgan fingerprint density at radius 2 is 2.10 bits per heavy atom. The fourth-order valence-corrected chi connectivity index (χ4v) is 5.45. The van der Waals surface area contributed by atoms with Crippen LogP contribution in [0, 0.1) is 6.92 Å². The number of pyridine rings is 1. The van der Waals surface area contributed by atoms with Gasteiger partial charge in [-0.3, -0.25) is 9.78 Å². The van der Waals surface area contributed by atoms with Crippen LogP contribution < -0.4 is 10.6 Å². The van der Waals surface area contributed by atoms with Crippen molar-refractivity contribution in [3.63, 3.8) is 0 Å². The highest BCUT2D eigenvalue weighted by Crippen LogP contribution is 2.41. The monoisotopic (exact) mass is 500 g/mol. The Kier molecular flexibility index (Phi) is 6.46. The summed E-state index contributed by atoms with van der Waals surface area (Å²) in [5, 5.41) is 9.08. The van der Waals surface area contributed by atoms with Gasteiger partial charge >= 0.3 is 0 Å². The topological polar surface area (TPSA) is 57.3 Å². The molecule has 2 N–H and O–H groups in total. The minimum atomic E-state index is -0.0654. The molecule has 1 aliphatic rings. The van der Waals surface area contributed by atoms with Crippen LogP contribution in [0.2, 0.25) is 0 Å². The number of nitrogens with zero attached hydrogens (tertiary/aromatic N) is 2. The van der Waals surface area contributed by atoms with E-state index in [1.807, 2.05) is 49.4 Å². The van der Waals surface area contributed by atoms with Gasteiger partial charge in [0.25, 0.3) is 0 Å². The van der Waals surface area contributed by atoms with Gasteiger partial charge in [0.15, 0.2) is 5.11 Å². The highest BCUT2D eigenvalue weighted by Gasteiger charge is 2.40. The second-order valence-electron chi connectivity index (χ2n) is 7.15. The molecule has 1 saturated heterocycles. The number of carbonyl (C=O) groups excluding carboxylic acids is 1. The average Bonchev–Trinajstić information content (AvgIpc) is 3.31. The standard InChI is InChI=1S/C22H21BrN4OS2/c1-14-5-7-16(8-6-14)25-19(28)9-11-27-21(18-12-15(23)13-30-18)20(26-22(27)29)17-4-2-3-10-24-17/h2-8,10,12-13,20-21H,9,11H2,1H3,(H,25,28)(H,26,29)/t20-,21+/m0/s1. The van der Waals surface area contributed by atoms with Crippen LogP contribution in [0.25, 0.3) is 0 Å². The smallest absolute Gasteiger partial charge is 0.226 e. The van der Waals surface area contributed by atoms with Crippen molar-refractivity contribution >= 4 is 56.2 Å². The van der Waals surface area contributed by atoms with Gasteiger partial charge in [-0.1, -0.05) is 23.8 Å². The number of hydrogen-bond acceptors (Lipinski definition) is 4. The summed E-state index contributed by atoms with van der Waals surface area (Å²) in [6, 6.07) is 15.7. The first kappa shape index (κ1) is 21.0. The predicted molar refractivity (Wildman–Crippen MR) is 129 cm³/mol. The number of benzene rings is 1. The summed E-state index contributed by atoms with van der Waals surface area (Å²) in [6.07, 6.45) is 2.13. The molecule has 8 heteroatoms. The van der Waals surface area contributed by atoms with Gasteiger partial charge in [-0.25, -0.2) is 0 Å². The third-order valence-electron chi connectivity index (χ3n) is 4.99. The highest BCUT2D eigenvalue weighted by atomic mass is 79.9. The van der Waals surface area contributed by atoms with E-state index in [-0.39, 0.29) is 18.0 Å². The number of nitrogens with one attached hydrogen (secondary N) is 2. The number of carbonyl (C=O) groups is 1. The molecule has 30 heavy (non-hydrogen) atoms. The maximum absolute atomic E-state index is 12.5. The maximum atomic E-state index is 12.5. The van der Waals surface area contributed by atoms with Crippen molar-refractivity contribution in [1.29, 1.82) is 0 Å². The molecule has 0 unspecified atom stereocenters. The van der Waals surface area contributed by atoms with Crippen LogP contribution in [0.15, 0.2) is 64.6 Å². The van der Waals surface area contributed by atoms with Crippen LogP contribution >= 0.6 is 39.5 Å². The van der Waals surface area contributed by atoms with Crippen molar-refractivity contribution in [2.24, 2.45) is 0 Å². The third-order valence-corrected chi connectivity index (χ3v) is 7.11. The molecule has 0 bridgehead atoms. The summed E-state index contributed by atoms with van der Waals surface area (Å²) in [4.78, 5) is 20.3. The molecule has 1 amide bonds. The zero-order valence-corrected chi connectivity index (χ0v) is 19.6. The van der Waals surface area contributed by atoms with Gasteiger partial charge in [0.1, 0.15) is 0 Å². The number of aryl methyl sites for hydroxylation is 1. The SMILES string of the molecule is Cc1ccc(NC(=O)CCN2C(=S)N[C@@H](c3ccccn3)[C@H]2c2cc(Br)cs2)cc1. The van der Waals surface area contributed by atoms with Crippen molar-refractivity contribution < 1.29 is 4.79 Å². The minimum Gasteiger partial charge on any atom is -0.352 e. The Labute approximate surface area is 193 Å². The van der Waals surface area contributed by atoms with Gasteiger partial charge < -0.3 is 15.5 Å². The van der Waals surface area contributed by atoms with Gasteiger partial charge in [-0.15, -0.1) is 11.3 Å². The molecule has 0 saturated carbocycles. The fourth-order valence-electron chi connectivity index (χ4n) is 3.52. The largest absolute Gasteiger partial charge is 0.352 e. The number of amides is 1. The number of thiophene rings is 1. The van der Waals surface area contributed by atoms with E-state index in [9.17, 15) is 4.79 Å². The Balaban J connectivity index is 1.51. The van der Waals surface area contributed by atoms with Gasteiger partial charge in [-0.05, 0) is 65.4 Å². The molecule has 0 spiro atoms. The molecular weight excluding hydrogens is 480 g/mol. The molecule has 3 heterocycles. The third kappa shape index (κ3) is 4.71. The number of anilines is 1. The quantitative estimate of drug-likeness (QED) is 0.454. The molecule has 3 aromatic rings. The number of rotatable bonds is 6. The normalized spacial score (nSPS) is 18.3. The van der Waals surface area contributed by atoms with Crippen molar-refractivity contribution in [3.8, 4) is 0 Å². The summed E-state index contributed by atoms with van der Waals surface area (Å²) in [7, 11) is 0. The van der Waals surface area contributed by atoms with Gasteiger partial charge in [-0.2, -0.15) is 0 Å². The number of thiocarbonyl (C=S) groups is 1. The van der Waals surface area contributed by atoms with Crippen molar-refractivity contribution in [3.05, 3.63) is 80.7 Å². The van der Waals surface area contributed by atoms with Crippen LogP contribution in [0.5, 0.6) is 0 Å². The molecule has 4 rings (SSSR count). The van der Waals surface area contributed by atoms with E-state index in [4.69, 9.17) is 12.2 Å². The molecule has 1 aromatic carbocycles. The lowest BCUT2D eigenvalue weighted by molar-refractivity contribution is -0.116. The molecular formula is C22H21BrN4OS2. The van der Waals surface area contributed by atoms with Crippen molar-refractivity contribution in [2.45, 2.75) is 25.4 Å². The van der Waals surface area contributed by atoms with E-state index in [0.29, 0.717) is 18.1 Å². The van der Waals surface area contributed by atoms with Crippen LogP contribution in [0.4, 0.5) is 5.69 Å². The molecule has 1 aliphatic heterocycles. The van der Waals surface area contributed by atoms with E-state index >= 15 is 0 Å². The van der Waals surface area contributed by atoms with E-state index < -0.39 is 0 Å². The average molecular weight is 501 g/mol. The van der Waals surface area contributed by atoms with Crippen LogP contribution in [0.3, 0.4) is 0 Å². The molecule has 5 nitrogen and oxygen atoms in total. The lowest BCUT2D eigenvalue weighted by atomic mass is 10.0. The predicted octanol–water partition coefficient (Wildman–Crippen LogP) is 5.22. The Morgan fingerprint density at radius 3 is 2.77 bits per heavy atom. The zero-order chi connectivity index (χ0) is 21.1. The second-order valence-corrected chi connectivity index (χ2v) is 9.40. The Hall–Kier alpha value is -2.29. The fraction of sp³-hybridized carbons (Fsp3) is 0.227. The van der Waals surface area contributed by atoms with E-state index in [1.54, 1.807) is 17.5 Å².